The highest BCUT2D eigenvalue weighted by Crippen LogP contribution is 2.38. The Morgan fingerprint density at radius 3 is 1.67 bits per heavy atom. The molecule has 240 valence electrons. The van der Waals surface area contributed by atoms with Crippen LogP contribution in [0.2, 0.25) is 0 Å². The van der Waals surface area contributed by atoms with E-state index < -0.39 is 10.5 Å². The number of imide groups is 2. The van der Waals surface area contributed by atoms with Gasteiger partial charge in [-0.15, -0.1) is 23.5 Å². The molecule has 2 aliphatic heterocycles. The zero-order chi connectivity index (χ0) is 33.5. The number of fused-ring (bicyclic) bond motifs is 2. The standard InChI is InChI=1S/C41H30N2O4S2/c44-38-24-36(48-33-21-16-28-6-1-2-8-30(28)23-33)40(46)42(38)31-17-12-26(13-18-31)22-27-14-19-32(20-15-27)43-39(45)25-37(41(43)47)49-35-11-5-9-29-7-3-4-10-34(29)35/h1-21,23,36-37H,22,24-25H2/t36-,37-/m1/s1. The Balaban J connectivity index is 0.907. The summed E-state index contributed by atoms with van der Waals surface area (Å²) in [5.41, 5.74) is 3.16. The molecule has 2 atom stereocenters. The van der Waals surface area contributed by atoms with Crippen LogP contribution in [0.5, 0.6) is 0 Å². The van der Waals surface area contributed by atoms with Crippen LogP contribution in [0.1, 0.15) is 24.0 Å². The minimum atomic E-state index is -0.474. The van der Waals surface area contributed by atoms with E-state index in [0.717, 1.165) is 42.5 Å². The summed E-state index contributed by atoms with van der Waals surface area (Å²) in [6.07, 6.45) is 0.936. The van der Waals surface area contributed by atoms with Crippen molar-refractivity contribution in [3.05, 3.63) is 145 Å². The Morgan fingerprint density at radius 1 is 0.510 bits per heavy atom. The van der Waals surface area contributed by atoms with Gasteiger partial charge in [-0.2, -0.15) is 0 Å². The largest absolute Gasteiger partial charge is 0.274 e. The maximum Gasteiger partial charge on any atom is 0.247 e. The van der Waals surface area contributed by atoms with E-state index in [2.05, 4.69) is 12.1 Å². The van der Waals surface area contributed by atoms with Gasteiger partial charge in [0.2, 0.25) is 23.6 Å². The lowest BCUT2D eigenvalue weighted by atomic mass is 10.0. The van der Waals surface area contributed by atoms with Crippen LogP contribution < -0.4 is 9.80 Å². The molecule has 49 heavy (non-hydrogen) atoms. The van der Waals surface area contributed by atoms with Crippen LogP contribution in [0.3, 0.4) is 0 Å². The van der Waals surface area contributed by atoms with Gasteiger partial charge in [0.15, 0.2) is 0 Å². The number of hydrogen-bond donors (Lipinski definition) is 0. The summed E-state index contributed by atoms with van der Waals surface area (Å²) < 4.78 is 0. The topological polar surface area (TPSA) is 74.8 Å². The van der Waals surface area contributed by atoms with Gasteiger partial charge < -0.3 is 0 Å². The Morgan fingerprint density at radius 2 is 1.04 bits per heavy atom. The van der Waals surface area contributed by atoms with Gasteiger partial charge in [-0.3, -0.25) is 19.2 Å². The highest BCUT2D eigenvalue weighted by atomic mass is 32.2. The van der Waals surface area contributed by atoms with E-state index in [0.29, 0.717) is 17.8 Å². The van der Waals surface area contributed by atoms with E-state index in [1.807, 2.05) is 121 Å². The molecule has 0 bridgehead atoms. The molecular formula is C41H30N2O4S2. The second-order valence-corrected chi connectivity index (χ2v) is 14.8. The molecule has 0 N–H and O–H groups in total. The third kappa shape index (κ3) is 6.14. The first-order valence-corrected chi connectivity index (χ1v) is 17.9. The molecule has 2 fully saturated rings. The summed E-state index contributed by atoms with van der Waals surface area (Å²) in [5, 5.41) is 3.47. The van der Waals surface area contributed by atoms with Gasteiger partial charge in [0.05, 0.1) is 21.9 Å². The van der Waals surface area contributed by atoms with Crippen LogP contribution in [0, 0.1) is 0 Å². The predicted octanol–water partition coefficient (Wildman–Crippen LogP) is 8.43. The van der Waals surface area contributed by atoms with E-state index >= 15 is 0 Å². The van der Waals surface area contributed by atoms with Crippen molar-refractivity contribution in [3.63, 3.8) is 0 Å². The molecule has 8 heteroatoms. The minimum absolute atomic E-state index is 0.158. The molecule has 0 saturated carbocycles. The number of amides is 4. The molecule has 0 spiro atoms. The number of rotatable bonds is 8. The van der Waals surface area contributed by atoms with Crippen LogP contribution in [-0.4, -0.2) is 34.1 Å². The fourth-order valence-corrected chi connectivity index (χ4v) is 8.86. The molecule has 0 aromatic heterocycles. The predicted molar refractivity (Wildman–Crippen MR) is 197 cm³/mol. The fraction of sp³-hybridized carbons (Fsp3) is 0.122. The molecule has 0 radical (unpaired) electrons. The van der Waals surface area contributed by atoms with Crippen molar-refractivity contribution < 1.29 is 19.2 Å². The zero-order valence-electron chi connectivity index (χ0n) is 26.3. The highest BCUT2D eigenvalue weighted by molar-refractivity contribution is 8.01. The molecule has 2 aliphatic rings. The van der Waals surface area contributed by atoms with Gasteiger partial charge in [0, 0.05) is 22.6 Å². The molecule has 0 unspecified atom stereocenters. The van der Waals surface area contributed by atoms with Crippen molar-refractivity contribution in [1.82, 2.24) is 0 Å². The lowest BCUT2D eigenvalue weighted by Crippen LogP contribution is -2.31. The molecule has 6 aromatic rings. The molecule has 0 aliphatic carbocycles. The van der Waals surface area contributed by atoms with Crippen LogP contribution in [-0.2, 0) is 25.6 Å². The highest BCUT2D eigenvalue weighted by Gasteiger charge is 2.41. The summed E-state index contributed by atoms with van der Waals surface area (Å²) in [5.74, 6) is -0.796. The van der Waals surface area contributed by atoms with E-state index in [1.54, 1.807) is 0 Å². The van der Waals surface area contributed by atoms with Crippen molar-refractivity contribution in [3.8, 4) is 0 Å². The molecule has 6 nitrogen and oxygen atoms in total. The van der Waals surface area contributed by atoms with Crippen LogP contribution in [0.15, 0.2) is 143 Å². The SMILES string of the molecule is O=C1C[C@@H](Sc2ccc3ccccc3c2)C(=O)N1c1ccc(Cc2ccc(N3C(=O)C[C@@H](Sc4cccc5ccccc45)C3=O)cc2)cc1. The van der Waals surface area contributed by atoms with Crippen molar-refractivity contribution >= 4 is 80.1 Å². The molecule has 6 aromatic carbocycles. The summed E-state index contributed by atoms with van der Waals surface area (Å²) in [6.45, 7) is 0. The number of carbonyl (C=O) groups excluding carboxylic acids is 4. The van der Waals surface area contributed by atoms with Gasteiger partial charge >= 0.3 is 0 Å². The Kier molecular flexibility index (Phi) is 8.27. The first-order chi connectivity index (χ1) is 23.9. The number of nitrogens with zero attached hydrogens (tertiary/aromatic N) is 2. The van der Waals surface area contributed by atoms with Crippen molar-refractivity contribution in [2.45, 2.75) is 39.6 Å². The Hall–Kier alpha value is -5.18. The van der Waals surface area contributed by atoms with Crippen molar-refractivity contribution in [2.24, 2.45) is 0 Å². The molecule has 8 rings (SSSR count). The van der Waals surface area contributed by atoms with Gasteiger partial charge in [-0.25, -0.2) is 9.80 Å². The van der Waals surface area contributed by atoms with Gasteiger partial charge in [0.1, 0.15) is 0 Å². The summed E-state index contributed by atoms with van der Waals surface area (Å²) in [4.78, 5) is 57.3. The third-order valence-electron chi connectivity index (χ3n) is 9.03. The fourth-order valence-electron chi connectivity index (χ4n) is 6.55. The number of benzene rings is 6. The molecule has 2 heterocycles. The second kappa shape index (κ2) is 13.0. The maximum absolute atomic E-state index is 13.4. The number of hydrogen-bond acceptors (Lipinski definition) is 6. The van der Waals surface area contributed by atoms with Crippen LogP contribution in [0.25, 0.3) is 21.5 Å². The molecule has 2 saturated heterocycles. The van der Waals surface area contributed by atoms with Gasteiger partial charge in [-0.1, -0.05) is 91.0 Å². The first kappa shape index (κ1) is 31.1. The monoisotopic (exact) mass is 678 g/mol. The number of thioether (sulfide) groups is 2. The summed E-state index contributed by atoms with van der Waals surface area (Å²) in [7, 11) is 0. The molecular weight excluding hydrogens is 649 g/mol. The number of anilines is 2. The smallest absolute Gasteiger partial charge is 0.247 e. The second-order valence-electron chi connectivity index (χ2n) is 12.3. The van der Waals surface area contributed by atoms with Crippen LogP contribution >= 0.6 is 23.5 Å². The first-order valence-electron chi connectivity index (χ1n) is 16.1. The lowest BCUT2D eigenvalue weighted by molar-refractivity contribution is -0.122. The zero-order valence-corrected chi connectivity index (χ0v) is 28.0. The van der Waals surface area contributed by atoms with Crippen LogP contribution in [0.4, 0.5) is 11.4 Å². The summed E-state index contributed by atoms with van der Waals surface area (Å²) in [6, 6.07) is 43.2. The Bertz CT molecular complexity index is 2260. The number of carbonyl (C=O) groups is 4. The third-order valence-corrected chi connectivity index (χ3v) is 11.5. The van der Waals surface area contributed by atoms with E-state index in [9.17, 15) is 19.2 Å². The van der Waals surface area contributed by atoms with E-state index in [4.69, 9.17) is 0 Å². The average molecular weight is 679 g/mol. The van der Waals surface area contributed by atoms with Crippen molar-refractivity contribution in [2.75, 3.05) is 9.80 Å². The maximum atomic E-state index is 13.4. The average Bonchev–Trinajstić information content (AvgIpc) is 3.56. The normalized spacial score (nSPS) is 18.0. The Labute approximate surface area is 292 Å². The molecule has 4 amide bonds. The minimum Gasteiger partial charge on any atom is -0.274 e. The van der Waals surface area contributed by atoms with Gasteiger partial charge in [-0.05, 0) is 81.6 Å². The van der Waals surface area contributed by atoms with E-state index in [-0.39, 0.29) is 36.5 Å². The van der Waals surface area contributed by atoms with E-state index in [1.165, 1.54) is 33.3 Å². The lowest BCUT2D eigenvalue weighted by Gasteiger charge is -2.16. The van der Waals surface area contributed by atoms with Crippen molar-refractivity contribution in [1.29, 1.82) is 0 Å². The summed E-state index contributed by atoms with van der Waals surface area (Å²) >= 11 is 2.88. The van der Waals surface area contributed by atoms with Gasteiger partial charge in [0.25, 0.3) is 0 Å². The quantitative estimate of drug-likeness (QED) is 0.151.